The average Bonchev–Trinajstić information content (AvgIpc) is 2.27. The fourth-order valence-electron chi connectivity index (χ4n) is 1.33. The van der Waals surface area contributed by atoms with E-state index in [0.29, 0.717) is 23.1 Å². The zero-order valence-electron chi connectivity index (χ0n) is 9.27. The summed E-state index contributed by atoms with van der Waals surface area (Å²) in [6.45, 7) is 0.433. The summed E-state index contributed by atoms with van der Waals surface area (Å²) in [5.41, 5.74) is 3.50. The number of nitrogens with one attached hydrogen (secondary N) is 1. The molecule has 90 valence electrons. The molecule has 0 atom stereocenters. The number of hydrogen-bond acceptors (Lipinski definition) is 4. The summed E-state index contributed by atoms with van der Waals surface area (Å²) in [5.74, 6) is 1.20. The third-order valence-electron chi connectivity index (χ3n) is 2.04. The minimum Gasteiger partial charge on any atom is -0.492 e. The molecule has 0 amide bonds. The van der Waals surface area contributed by atoms with Gasteiger partial charge >= 0.3 is 0 Å². The Morgan fingerprint density at radius 1 is 1.25 bits per heavy atom. The second-order valence-corrected chi connectivity index (χ2v) is 4.17. The number of hydrogen-bond donors (Lipinski definition) is 1. The van der Waals surface area contributed by atoms with Gasteiger partial charge in [0.2, 0.25) is 0 Å². The fourth-order valence-corrected chi connectivity index (χ4v) is 2.30. The van der Waals surface area contributed by atoms with Crippen molar-refractivity contribution in [1.82, 2.24) is 5.48 Å². The van der Waals surface area contributed by atoms with Gasteiger partial charge in [-0.2, -0.15) is 5.48 Å². The Balaban J connectivity index is 3.22. The highest BCUT2D eigenvalue weighted by Crippen LogP contribution is 2.41. The summed E-state index contributed by atoms with van der Waals surface area (Å²) in [6, 6.07) is 1.76. The van der Waals surface area contributed by atoms with Crippen LogP contribution < -0.4 is 15.0 Å². The Morgan fingerprint density at radius 3 is 2.38 bits per heavy atom. The molecule has 4 nitrogen and oxygen atoms in total. The first-order chi connectivity index (χ1) is 7.65. The molecule has 0 saturated carbocycles. The predicted octanol–water partition coefficient (Wildman–Crippen LogP) is 2.77. The molecule has 0 aromatic heterocycles. The van der Waals surface area contributed by atoms with E-state index in [2.05, 4.69) is 21.4 Å². The van der Waals surface area contributed by atoms with Crippen molar-refractivity contribution in [2.75, 3.05) is 21.3 Å². The SMILES string of the molecule is CONCc1c(Cl)cc(Br)c(OC)c1OC. The van der Waals surface area contributed by atoms with Gasteiger partial charge in [-0.25, -0.2) is 0 Å². The number of benzene rings is 1. The summed E-state index contributed by atoms with van der Waals surface area (Å²) in [4.78, 5) is 4.79. The van der Waals surface area contributed by atoms with Crippen LogP contribution in [0.5, 0.6) is 11.5 Å². The highest BCUT2D eigenvalue weighted by molar-refractivity contribution is 9.10. The van der Waals surface area contributed by atoms with Crippen LogP contribution in [-0.2, 0) is 11.4 Å². The van der Waals surface area contributed by atoms with E-state index in [0.717, 1.165) is 10.0 Å². The quantitative estimate of drug-likeness (QED) is 0.849. The Labute approximate surface area is 108 Å². The first-order valence-corrected chi connectivity index (χ1v) is 5.67. The zero-order valence-corrected chi connectivity index (χ0v) is 11.6. The second kappa shape index (κ2) is 6.30. The number of ether oxygens (including phenoxy) is 2. The monoisotopic (exact) mass is 309 g/mol. The van der Waals surface area contributed by atoms with E-state index in [-0.39, 0.29) is 0 Å². The lowest BCUT2D eigenvalue weighted by Crippen LogP contribution is -2.12. The lowest BCUT2D eigenvalue weighted by molar-refractivity contribution is 0.0860. The summed E-state index contributed by atoms with van der Waals surface area (Å²) in [6.07, 6.45) is 0. The van der Waals surface area contributed by atoms with Crippen molar-refractivity contribution in [3.05, 3.63) is 21.1 Å². The van der Waals surface area contributed by atoms with Crippen LogP contribution in [0.4, 0.5) is 0 Å². The standard InChI is InChI=1S/C10H13BrClNO3/c1-14-9-6(5-13-16-3)8(12)4-7(11)10(9)15-2/h4,13H,5H2,1-3H3. The molecule has 0 aliphatic rings. The molecule has 0 bridgehead atoms. The van der Waals surface area contributed by atoms with Crippen molar-refractivity contribution in [1.29, 1.82) is 0 Å². The van der Waals surface area contributed by atoms with Crippen LogP contribution in [0.2, 0.25) is 5.02 Å². The van der Waals surface area contributed by atoms with Gasteiger partial charge in [0.25, 0.3) is 0 Å². The molecular weight excluding hydrogens is 297 g/mol. The van der Waals surface area contributed by atoms with E-state index in [1.54, 1.807) is 20.3 Å². The van der Waals surface area contributed by atoms with Gasteiger partial charge in [0.1, 0.15) is 0 Å². The van der Waals surface area contributed by atoms with Gasteiger partial charge in [0.05, 0.1) is 37.4 Å². The summed E-state index contributed by atoms with van der Waals surface area (Å²) in [5, 5.41) is 0.578. The summed E-state index contributed by atoms with van der Waals surface area (Å²) in [7, 11) is 4.68. The lowest BCUT2D eigenvalue weighted by Gasteiger charge is -2.15. The van der Waals surface area contributed by atoms with Crippen LogP contribution in [0.3, 0.4) is 0 Å². The summed E-state index contributed by atoms with van der Waals surface area (Å²) < 4.78 is 11.3. The van der Waals surface area contributed by atoms with Gasteiger partial charge in [0.15, 0.2) is 11.5 Å². The molecule has 1 aromatic rings. The molecule has 0 aliphatic heterocycles. The van der Waals surface area contributed by atoms with Gasteiger partial charge in [-0.15, -0.1) is 0 Å². The van der Waals surface area contributed by atoms with Crippen LogP contribution in [-0.4, -0.2) is 21.3 Å². The predicted molar refractivity (Wildman–Crippen MR) is 66.1 cm³/mol. The van der Waals surface area contributed by atoms with Gasteiger partial charge in [-0.05, 0) is 22.0 Å². The molecule has 1 N–H and O–H groups in total. The molecule has 0 fully saturated rings. The molecular formula is C10H13BrClNO3. The molecule has 1 aromatic carbocycles. The molecule has 0 unspecified atom stereocenters. The number of halogens is 2. The van der Waals surface area contributed by atoms with Crippen molar-refractivity contribution in [2.24, 2.45) is 0 Å². The van der Waals surface area contributed by atoms with E-state index < -0.39 is 0 Å². The topological polar surface area (TPSA) is 39.7 Å². The van der Waals surface area contributed by atoms with Crippen molar-refractivity contribution < 1.29 is 14.3 Å². The smallest absolute Gasteiger partial charge is 0.175 e. The van der Waals surface area contributed by atoms with Crippen molar-refractivity contribution >= 4 is 27.5 Å². The van der Waals surface area contributed by atoms with Crippen LogP contribution in [0.1, 0.15) is 5.56 Å². The maximum atomic E-state index is 6.12. The third-order valence-corrected chi connectivity index (χ3v) is 2.97. The lowest BCUT2D eigenvalue weighted by atomic mass is 10.2. The van der Waals surface area contributed by atoms with Crippen LogP contribution in [0, 0.1) is 0 Å². The molecule has 0 saturated heterocycles. The van der Waals surface area contributed by atoms with Crippen molar-refractivity contribution in [3.63, 3.8) is 0 Å². The minimum atomic E-state index is 0.433. The van der Waals surface area contributed by atoms with Crippen molar-refractivity contribution in [2.45, 2.75) is 6.54 Å². The van der Waals surface area contributed by atoms with Gasteiger partial charge in [-0.1, -0.05) is 11.6 Å². The summed E-state index contributed by atoms with van der Waals surface area (Å²) >= 11 is 9.48. The van der Waals surface area contributed by atoms with Crippen LogP contribution in [0.15, 0.2) is 10.5 Å². The molecule has 0 heterocycles. The zero-order chi connectivity index (χ0) is 12.1. The second-order valence-electron chi connectivity index (χ2n) is 2.91. The first-order valence-electron chi connectivity index (χ1n) is 4.50. The van der Waals surface area contributed by atoms with E-state index in [4.69, 9.17) is 25.9 Å². The van der Waals surface area contributed by atoms with Crippen molar-refractivity contribution in [3.8, 4) is 11.5 Å². The van der Waals surface area contributed by atoms with Crippen LogP contribution >= 0.6 is 27.5 Å². The van der Waals surface area contributed by atoms with Gasteiger partial charge < -0.3 is 14.3 Å². The molecule has 16 heavy (non-hydrogen) atoms. The number of rotatable bonds is 5. The number of methoxy groups -OCH3 is 2. The Hall–Kier alpha value is -0.490. The molecule has 0 radical (unpaired) electrons. The van der Waals surface area contributed by atoms with E-state index in [1.807, 2.05) is 0 Å². The maximum Gasteiger partial charge on any atom is 0.175 e. The minimum absolute atomic E-state index is 0.433. The third kappa shape index (κ3) is 2.79. The Morgan fingerprint density at radius 2 is 1.88 bits per heavy atom. The average molecular weight is 311 g/mol. The molecule has 0 spiro atoms. The molecule has 6 heteroatoms. The highest BCUT2D eigenvalue weighted by atomic mass is 79.9. The van der Waals surface area contributed by atoms with E-state index in [1.165, 1.54) is 7.11 Å². The van der Waals surface area contributed by atoms with E-state index >= 15 is 0 Å². The largest absolute Gasteiger partial charge is 0.492 e. The highest BCUT2D eigenvalue weighted by Gasteiger charge is 2.17. The van der Waals surface area contributed by atoms with Gasteiger partial charge in [0, 0.05) is 5.56 Å². The normalized spacial score (nSPS) is 10.3. The first kappa shape index (κ1) is 13.6. The molecule has 0 aliphatic carbocycles. The van der Waals surface area contributed by atoms with Crippen LogP contribution in [0.25, 0.3) is 0 Å². The Bertz CT molecular complexity index is 374. The molecule has 1 rings (SSSR count). The van der Waals surface area contributed by atoms with E-state index in [9.17, 15) is 0 Å². The Kier molecular flexibility index (Phi) is 5.34. The number of hydroxylamine groups is 1. The van der Waals surface area contributed by atoms with Gasteiger partial charge in [-0.3, -0.25) is 0 Å². The maximum absolute atomic E-state index is 6.12. The fraction of sp³-hybridized carbons (Fsp3) is 0.400.